The van der Waals surface area contributed by atoms with Crippen molar-refractivity contribution in [2.75, 3.05) is 12.4 Å². The van der Waals surface area contributed by atoms with Gasteiger partial charge >= 0.3 is 0 Å². The van der Waals surface area contributed by atoms with E-state index in [4.69, 9.17) is 4.74 Å². The maximum absolute atomic E-state index is 13.3. The third-order valence-corrected chi connectivity index (χ3v) is 6.84. The van der Waals surface area contributed by atoms with Crippen LogP contribution in [0.4, 0.5) is 5.69 Å². The minimum Gasteiger partial charge on any atom is -0.495 e. The molecule has 3 rings (SSSR count). The van der Waals surface area contributed by atoms with Gasteiger partial charge in [-0.2, -0.15) is 4.72 Å². The first kappa shape index (κ1) is 24.5. The largest absolute Gasteiger partial charge is 0.495 e. The number of sulfonamides is 1. The minimum atomic E-state index is -4.04. The average Bonchev–Trinajstić information content (AvgIpc) is 2.79. The Labute approximate surface area is 196 Å². The second kappa shape index (κ2) is 10.6. The van der Waals surface area contributed by atoms with Crippen molar-refractivity contribution in [3.05, 3.63) is 89.5 Å². The highest BCUT2D eigenvalue weighted by Crippen LogP contribution is 2.25. The van der Waals surface area contributed by atoms with Crippen LogP contribution in [0.2, 0.25) is 0 Å². The van der Waals surface area contributed by atoms with Gasteiger partial charge < -0.3 is 10.1 Å². The molecule has 0 saturated heterocycles. The van der Waals surface area contributed by atoms with Gasteiger partial charge in [0.25, 0.3) is 0 Å². The molecule has 174 valence electrons. The van der Waals surface area contributed by atoms with E-state index < -0.39 is 22.0 Å². The van der Waals surface area contributed by atoms with E-state index >= 15 is 0 Å². The molecule has 33 heavy (non-hydrogen) atoms. The molecule has 1 amide bonds. The van der Waals surface area contributed by atoms with Crippen LogP contribution in [0.25, 0.3) is 0 Å². The van der Waals surface area contributed by atoms with Crippen molar-refractivity contribution in [3.63, 3.8) is 0 Å². The van der Waals surface area contributed by atoms with E-state index in [9.17, 15) is 13.2 Å². The highest BCUT2D eigenvalue weighted by molar-refractivity contribution is 7.89. The van der Waals surface area contributed by atoms with Crippen LogP contribution in [-0.2, 0) is 21.2 Å². The standard InChI is InChI=1S/C26H30N2O4S/c1-18(2)21-11-13-22(14-12-21)27-26(29)23(17-20-8-6-5-7-9-20)28-33(30,31)25-16-19(3)10-15-24(25)32-4/h5-16,18,23,28H,17H2,1-4H3,(H,27,29)/t23-/m0/s1. The molecule has 0 unspecified atom stereocenters. The van der Waals surface area contributed by atoms with Gasteiger partial charge in [0.1, 0.15) is 16.7 Å². The number of nitrogens with one attached hydrogen (secondary N) is 2. The van der Waals surface area contributed by atoms with E-state index in [1.807, 2.05) is 54.6 Å². The Hall–Kier alpha value is -3.16. The lowest BCUT2D eigenvalue weighted by atomic mass is 10.0. The average molecular weight is 467 g/mol. The molecule has 0 bridgehead atoms. The number of anilines is 1. The zero-order chi connectivity index (χ0) is 24.0. The number of carbonyl (C=O) groups is 1. The Bertz CT molecular complexity index is 1190. The molecule has 0 aliphatic carbocycles. The monoisotopic (exact) mass is 466 g/mol. The molecule has 2 N–H and O–H groups in total. The van der Waals surface area contributed by atoms with Crippen molar-refractivity contribution in [1.29, 1.82) is 0 Å². The number of amides is 1. The van der Waals surface area contributed by atoms with Crippen LogP contribution < -0.4 is 14.8 Å². The fraction of sp³-hybridized carbons (Fsp3) is 0.269. The number of carbonyl (C=O) groups excluding carboxylic acids is 1. The van der Waals surface area contributed by atoms with E-state index in [2.05, 4.69) is 23.9 Å². The molecule has 6 nitrogen and oxygen atoms in total. The summed E-state index contributed by atoms with van der Waals surface area (Å²) in [6.07, 6.45) is 0.199. The molecular formula is C26H30N2O4S. The molecule has 0 fully saturated rings. The van der Waals surface area contributed by atoms with Crippen molar-refractivity contribution >= 4 is 21.6 Å². The fourth-order valence-corrected chi connectivity index (χ4v) is 4.91. The Kier molecular flexibility index (Phi) is 7.89. The van der Waals surface area contributed by atoms with Gasteiger partial charge in [0.2, 0.25) is 15.9 Å². The summed E-state index contributed by atoms with van der Waals surface area (Å²) in [7, 11) is -2.62. The number of ether oxygens (including phenoxy) is 1. The number of benzene rings is 3. The van der Waals surface area contributed by atoms with Crippen LogP contribution in [0.1, 0.15) is 36.5 Å². The second-order valence-corrected chi connectivity index (χ2v) is 9.97. The van der Waals surface area contributed by atoms with Crippen molar-refractivity contribution in [2.45, 2.75) is 44.0 Å². The van der Waals surface area contributed by atoms with Gasteiger partial charge in [-0.1, -0.05) is 62.4 Å². The van der Waals surface area contributed by atoms with Crippen molar-refractivity contribution in [3.8, 4) is 5.75 Å². The van der Waals surface area contributed by atoms with Crippen LogP contribution in [0.5, 0.6) is 5.75 Å². The van der Waals surface area contributed by atoms with Crippen LogP contribution in [0.3, 0.4) is 0 Å². The molecule has 0 aliphatic rings. The van der Waals surface area contributed by atoms with Gasteiger partial charge in [0.05, 0.1) is 7.11 Å². The molecule has 1 atom stereocenters. The highest BCUT2D eigenvalue weighted by Gasteiger charge is 2.28. The van der Waals surface area contributed by atoms with Crippen LogP contribution in [0, 0.1) is 6.92 Å². The van der Waals surface area contributed by atoms with E-state index in [0.29, 0.717) is 11.6 Å². The SMILES string of the molecule is COc1ccc(C)cc1S(=O)(=O)N[C@@H](Cc1ccccc1)C(=O)Nc1ccc(C(C)C)cc1. The quantitative estimate of drug-likeness (QED) is 0.481. The van der Waals surface area contributed by atoms with Gasteiger partial charge in [-0.05, 0) is 60.2 Å². The normalized spacial score (nSPS) is 12.4. The lowest BCUT2D eigenvalue weighted by molar-refractivity contribution is -0.117. The van der Waals surface area contributed by atoms with Crippen molar-refractivity contribution < 1.29 is 17.9 Å². The molecule has 7 heteroatoms. The second-order valence-electron chi connectivity index (χ2n) is 8.28. The van der Waals surface area contributed by atoms with Gasteiger partial charge in [-0.3, -0.25) is 4.79 Å². The van der Waals surface area contributed by atoms with Gasteiger partial charge in [0.15, 0.2) is 0 Å². The van der Waals surface area contributed by atoms with Gasteiger partial charge in [-0.15, -0.1) is 0 Å². The predicted octanol–water partition coefficient (Wildman–Crippen LogP) is 4.66. The summed E-state index contributed by atoms with van der Waals surface area (Å²) in [5, 5.41) is 2.85. The molecule has 3 aromatic rings. The number of rotatable bonds is 9. The van der Waals surface area contributed by atoms with Gasteiger partial charge in [0, 0.05) is 5.69 Å². The summed E-state index contributed by atoms with van der Waals surface area (Å²) in [5.41, 5.74) is 3.37. The Morgan fingerprint density at radius 1 is 0.970 bits per heavy atom. The van der Waals surface area contributed by atoms with E-state index in [1.54, 1.807) is 19.1 Å². The summed E-state index contributed by atoms with van der Waals surface area (Å²) in [6.45, 7) is 5.99. The van der Waals surface area contributed by atoms with E-state index in [1.165, 1.54) is 13.2 Å². The molecule has 3 aromatic carbocycles. The first-order valence-electron chi connectivity index (χ1n) is 10.8. The maximum atomic E-state index is 13.3. The zero-order valence-electron chi connectivity index (χ0n) is 19.3. The fourth-order valence-electron chi connectivity index (χ4n) is 3.46. The van der Waals surface area contributed by atoms with Crippen molar-refractivity contribution in [1.82, 2.24) is 4.72 Å². The minimum absolute atomic E-state index is 0.00264. The topological polar surface area (TPSA) is 84.5 Å². The highest BCUT2D eigenvalue weighted by atomic mass is 32.2. The third kappa shape index (κ3) is 6.43. The first-order valence-corrected chi connectivity index (χ1v) is 12.3. The molecule has 0 aliphatic heterocycles. The Balaban J connectivity index is 1.89. The lowest BCUT2D eigenvalue weighted by Gasteiger charge is -2.20. The zero-order valence-corrected chi connectivity index (χ0v) is 20.1. The summed E-state index contributed by atoms with van der Waals surface area (Å²) < 4.78 is 34.4. The van der Waals surface area contributed by atoms with E-state index in [0.717, 1.165) is 16.7 Å². The summed E-state index contributed by atoms with van der Waals surface area (Å²) >= 11 is 0. The Morgan fingerprint density at radius 2 is 1.64 bits per heavy atom. The van der Waals surface area contributed by atoms with Gasteiger partial charge in [-0.25, -0.2) is 8.42 Å². The number of hydrogen-bond acceptors (Lipinski definition) is 4. The molecular weight excluding hydrogens is 436 g/mol. The van der Waals surface area contributed by atoms with Crippen LogP contribution in [-0.4, -0.2) is 27.5 Å². The van der Waals surface area contributed by atoms with E-state index in [-0.39, 0.29) is 17.1 Å². The molecule has 0 aromatic heterocycles. The predicted molar refractivity (Wildman–Crippen MR) is 131 cm³/mol. The molecule has 0 spiro atoms. The molecule has 0 heterocycles. The molecule has 0 saturated carbocycles. The summed E-state index contributed by atoms with van der Waals surface area (Å²) in [5.74, 6) is 0.152. The number of methoxy groups -OCH3 is 1. The van der Waals surface area contributed by atoms with Crippen LogP contribution >= 0.6 is 0 Å². The summed E-state index contributed by atoms with van der Waals surface area (Å²) in [6, 6.07) is 20.7. The maximum Gasteiger partial charge on any atom is 0.245 e. The number of hydrogen-bond donors (Lipinski definition) is 2. The van der Waals surface area contributed by atoms with Crippen molar-refractivity contribution in [2.24, 2.45) is 0 Å². The lowest BCUT2D eigenvalue weighted by Crippen LogP contribution is -2.45. The first-order chi connectivity index (χ1) is 15.7. The third-order valence-electron chi connectivity index (χ3n) is 5.35. The smallest absolute Gasteiger partial charge is 0.245 e. The summed E-state index contributed by atoms with van der Waals surface area (Å²) in [4.78, 5) is 13.2. The molecule has 0 radical (unpaired) electrons. The number of aryl methyl sites for hydroxylation is 1. The van der Waals surface area contributed by atoms with Crippen LogP contribution in [0.15, 0.2) is 77.7 Å². The Morgan fingerprint density at radius 3 is 2.24 bits per heavy atom.